The molecule has 0 aliphatic carbocycles. The fourth-order valence-electron chi connectivity index (χ4n) is 4.67. The Morgan fingerprint density at radius 1 is 1.14 bits per heavy atom. The van der Waals surface area contributed by atoms with E-state index < -0.39 is 24.5 Å². The van der Waals surface area contributed by atoms with Crippen LogP contribution in [0.5, 0.6) is 0 Å². The number of aliphatic hydroxyl groups excluding tert-OH is 2. The topological polar surface area (TPSA) is 166 Å². The van der Waals surface area contributed by atoms with Crippen molar-refractivity contribution in [2.45, 2.75) is 31.1 Å². The second kappa shape index (κ2) is 9.19. The van der Waals surface area contributed by atoms with E-state index in [4.69, 9.17) is 15.5 Å². The van der Waals surface area contributed by atoms with E-state index >= 15 is 0 Å². The van der Waals surface area contributed by atoms with Crippen molar-refractivity contribution in [1.82, 2.24) is 29.1 Å². The highest BCUT2D eigenvalue weighted by molar-refractivity contribution is 9.10. The van der Waals surface area contributed by atoms with Gasteiger partial charge in [0.1, 0.15) is 36.0 Å². The Labute approximate surface area is 217 Å². The molecule has 4 heterocycles. The van der Waals surface area contributed by atoms with Crippen LogP contribution in [0, 0.1) is 0 Å². The third kappa shape index (κ3) is 4.01. The number of aromatic nitrogens is 6. The van der Waals surface area contributed by atoms with Crippen LogP contribution in [0.2, 0.25) is 0 Å². The Bertz CT molecular complexity index is 1640. The zero-order chi connectivity index (χ0) is 25.7. The molecule has 0 spiro atoms. The van der Waals surface area contributed by atoms with E-state index in [0.717, 1.165) is 15.6 Å². The predicted molar refractivity (Wildman–Crippen MR) is 137 cm³/mol. The molecule has 1 fully saturated rings. The molecule has 188 valence electrons. The second-order valence-corrected chi connectivity index (χ2v) is 9.58. The number of rotatable bonds is 6. The van der Waals surface area contributed by atoms with Crippen molar-refractivity contribution in [2.24, 2.45) is 0 Å². The molecule has 0 saturated carbocycles. The summed E-state index contributed by atoms with van der Waals surface area (Å²) >= 11 is 3.51. The summed E-state index contributed by atoms with van der Waals surface area (Å²) in [4.78, 5) is 28.1. The zero-order valence-corrected chi connectivity index (χ0v) is 20.7. The summed E-state index contributed by atoms with van der Waals surface area (Å²) in [5, 5.41) is 24.8. The fraction of sp³-hybridized carbons (Fsp3) is 0.208. The van der Waals surface area contributed by atoms with Crippen LogP contribution >= 0.6 is 15.9 Å². The Hall–Kier alpha value is -3.91. The summed E-state index contributed by atoms with van der Waals surface area (Å²) in [5.41, 5.74) is 9.58. The number of ether oxygens (including phenoxy) is 1. The highest BCUT2D eigenvalue weighted by atomic mass is 79.9. The molecule has 6 rings (SSSR count). The predicted octanol–water partition coefficient (Wildman–Crippen LogP) is 2.13. The lowest BCUT2D eigenvalue weighted by atomic mass is 10.1. The number of fused-ring (bicyclic) bond motifs is 2. The lowest BCUT2D eigenvalue weighted by Gasteiger charge is -2.17. The lowest BCUT2D eigenvalue weighted by molar-refractivity contribution is -0.105. The first-order valence-electron chi connectivity index (χ1n) is 11.3. The minimum absolute atomic E-state index is 0.198. The van der Waals surface area contributed by atoms with Crippen molar-refractivity contribution in [1.29, 1.82) is 0 Å². The van der Waals surface area contributed by atoms with E-state index in [1.54, 1.807) is 12.1 Å². The van der Waals surface area contributed by atoms with Crippen LogP contribution < -0.4 is 11.1 Å². The van der Waals surface area contributed by atoms with Gasteiger partial charge in [0.2, 0.25) is 6.41 Å². The molecule has 1 aliphatic rings. The first-order chi connectivity index (χ1) is 17.9. The van der Waals surface area contributed by atoms with Gasteiger partial charge in [-0.3, -0.25) is 9.36 Å². The van der Waals surface area contributed by atoms with Crippen molar-refractivity contribution >= 4 is 56.0 Å². The maximum atomic E-state index is 11.1. The molecule has 3 aromatic heterocycles. The number of hydrogen-bond acceptors (Lipinski definition) is 9. The lowest BCUT2D eigenvalue weighted by Crippen LogP contribution is -2.29. The van der Waals surface area contributed by atoms with Crippen LogP contribution in [0.1, 0.15) is 23.7 Å². The Kier molecular flexibility index (Phi) is 5.83. The minimum atomic E-state index is -1.30. The van der Waals surface area contributed by atoms with Gasteiger partial charge in [0.05, 0.1) is 17.4 Å². The van der Waals surface area contributed by atoms with Crippen molar-refractivity contribution in [2.75, 3.05) is 11.1 Å². The quantitative estimate of drug-likeness (QED) is 0.226. The maximum Gasteiger partial charge on any atom is 0.211 e. The number of imidazole rings is 2. The van der Waals surface area contributed by atoms with E-state index in [0.29, 0.717) is 41.1 Å². The first kappa shape index (κ1) is 23.5. The number of aliphatic hydroxyl groups is 2. The molecular weight excluding hydrogens is 544 g/mol. The molecule has 1 saturated heterocycles. The van der Waals surface area contributed by atoms with Gasteiger partial charge in [-0.2, -0.15) is 0 Å². The van der Waals surface area contributed by atoms with Crippen molar-refractivity contribution in [3.05, 3.63) is 71.0 Å². The van der Waals surface area contributed by atoms with E-state index in [1.807, 2.05) is 34.9 Å². The Balaban J connectivity index is 1.44. The van der Waals surface area contributed by atoms with Crippen molar-refractivity contribution in [3.63, 3.8) is 0 Å². The number of amides is 1. The van der Waals surface area contributed by atoms with Crippen LogP contribution in [-0.2, 0) is 16.1 Å². The van der Waals surface area contributed by atoms with Gasteiger partial charge < -0.3 is 30.6 Å². The number of nitrogens with one attached hydrogen (secondary N) is 1. The third-order valence-corrected chi connectivity index (χ3v) is 6.88. The number of carbonyl (C=O) groups excluding carboxylic acids is 1. The number of nitrogens with two attached hydrogens (primary N) is 1. The van der Waals surface area contributed by atoms with Crippen LogP contribution in [0.25, 0.3) is 22.2 Å². The van der Waals surface area contributed by atoms with Crippen LogP contribution in [0.4, 0.5) is 11.5 Å². The van der Waals surface area contributed by atoms with Crippen LogP contribution in [0.3, 0.4) is 0 Å². The monoisotopic (exact) mass is 564 g/mol. The van der Waals surface area contributed by atoms with Gasteiger partial charge in [0.15, 0.2) is 17.7 Å². The number of anilines is 2. The maximum absolute atomic E-state index is 11.1. The van der Waals surface area contributed by atoms with Gasteiger partial charge in [-0.15, -0.1) is 0 Å². The zero-order valence-electron chi connectivity index (χ0n) is 19.1. The average Bonchev–Trinajstić information content (AvgIpc) is 3.54. The van der Waals surface area contributed by atoms with Crippen molar-refractivity contribution in [3.8, 4) is 0 Å². The summed E-state index contributed by atoms with van der Waals surface area (Å²) in [6.07, 6.45) is -1.23. The molecule has 5 aromatic rings. The summed E-state index contributed by atoms with van der Waals surface area (Å²) < 4.78 is 10.6. The molecule has 4 atom stereocenters. The van der Waals surface area contributed by atoms with E-state index in [1.165, 1.54) is 17.2 Å². The standard InChI is InChI=1S/C24H21BrN8O4/c25-13-3-1-2-12(6-13)8-32-16-5-4-14(30-11-34)7-15(16)31-23(32)20-18(35)19(36)24(37-20)33-10-29-17-21(26)27-9-28-22(17)33/h1-7,9-11,18-20,24,35-36H,8H2,(H,30,34)(H2,26,27,28)/t18-,19+,20-,24+/m0/s1. The Morgan fingerprint density at radius 2 is 2.00 bits per heavy atom. The van der Waals surface area contributed by atoms with Gasteiger partial charge >= 0.3 is 0 Å². The summed E-state index contributed by atoms with van der Waals surface area (Å²) in [6, 6.07) is 13.2. The smallest absolute Gasteiger partial charge is 0.211 e. The molecule has 12 nitrogen and oxygen atoms in total. The summed E-state index contributed by atoms with van der Waals surface area (Å²) in [5.74, 6) is 0.620. The highest BCUT2D eigenvalue weighted by Gasteiger charge is 2.47. The van der Waals surface area contributed by atoms with Crippen LogP contribution in [0.15, 0.2) is 59.6 Å². The number of hydrogen-bond donors (Lipinski definition) is 4. The SMILES string of the molecule is Nc1ncnc2c1ncn2[C@@H]1O[C@H](c2nc3cc(NC=O)ccc3n2Cc2cccc(Br)c2)[C@@H](O)[C@H]1O. The number of nitrogens with zero attached hydrogens (tertiary/aromatic N) is 6. The molecular formula is C24H21BrN8O4. The molecule has 0 bridgehead atoms. The molecule has 0 radical (unpaired) electrons. The average molecular weight is 565 g/mol. The van der Waals surface area contributed by atoms with Crippen molar-refractivity contribution < 1.29 is 19.7 Å². The third-order valence-electron chi connectivity index (χ3n) is 6.39. The molecule has 37 heavy (non-hydrogen) atoms. The largest absolute Gasteiger partial charge is 0.387 e. The number of benzene rings is 2. The summed E-state index contributed by atoms with van der Waals surface area (Å²) in [7, 11) is 0. The van der Waals surface area contributed by atoms with Crippen LogP contribution in [-0.4, -0.2) is 57.9 Å². The fourth-order valence-corrected chi connectivity index (χ4v) is 5.11. The van der Waals surface area contributed by atoms with E-state index in [-0.39, 0.29) is 5.82 Å². The minimum Gasteiger partial charge on any atom is -0.387 e. The van der Waals surface area contributed by atoms with Gasteiger partial charge in [-0.1, -0.05) is 28.1 Å². The number of nitrogen functional groups attached to an aromatic ring is 1. The van der Waals surface area contributed by atoms with Gasteiger partial charge in [0, 0.05) is 16.7 Å². The van der Waals surface area contributed by atoms with E-state index in [2.05, 4.69) is 36.2 Å². The molecule has 1 aliphatic heterocycles. The number of halogens is 1. The van der Waals surface area contributed by atoms with Gasteiger partial charge in [0.25, 0.3) is 0 Å². The molecule has 2 aromatic carbocycles. The molecule has 13 heteroatoms. The van der Waals surface area contributed by atoms with Gasteiger partial charge in [-0.05, 0) is 35.9 Å². The molecule has 0 unspecified atom stereocenters. The normalized spacial score (nSPS) is 21.6. The second-order valence-electron chi connectivity index (χ2n) is 8.66. The molecule has 1 amide bonds. The Morgan fingerprint density at radius 3 is 2.81 bits per heavy atom. The summed E-state index contributed by atoms with van der Waals surface area (Å²) in [6.45, 7) is 0.427. The highest BCUT2D eigenvalue weighted by Crippen LogP contribution is 2.41. The van der Waals surface area contributed by atoms with Gasteiger partial charge in [-0.25, -0.2) is 19.9 Å². The van der Waals surface area contributed by atoms with E-state index in [9.17, 15) is 15.0 Å². The first-order valence-corrected chi connectivity index (χ1v) is 12.1. The number of carbonyl (C=O) groups is 1. The molecule has 5 N–H and O–H groups in total.